The Morgan fingerprint density at radius 1 is 1.21 bits per heavy atom. The van der Waals surface area contributed by atoms with Crippen molar-refractivity contribution in [1.82, 2.24) is 15.1 Å². The summed E-state index contributed by atoms with van der Waals surface area (Å²) in [5.41, 5.74) is 2.99. The van der Waals surface area contributed by atoms with E-state index in [1.54, 1.807) is 10.9 Å². The summed E-state index contributed by atoms with van der Waals surface area (Å²) in [5.74, 6) is 0. The lowest BCUT2D eigenvalue weighted by Gasteiger charge is -2.24. The highest BCUT2D eigenvalue weighted by Crippen LogP contribution is 2.40. The van der Waals surface area contributed by atoms with Crippen molar-refractivity contribution >= 4 is 5.57 Å². The summed E-state index contributed by atoms with van der Waals surface area (Å²) in [6.07, 6.45) is 1.24. The highest BCUT2D eigenvalue weighted by Gasteiger charge is 2.35. The molecule has 6 heteroatoms. The van der Waals surface area contributed by atoms with Crippen molar-refractivity contribution in [3.05, 3.63) is 58.9 Å². The van der Waals surface area contributed by atoms with Crippen LogP contribution in [0.15, 0.2) is 31.1 Å². The number of aromatic nitrogens is 2. The Labute approximate surface area is 139 Å². The summed E-state index contributed by atoms with van der Waals surface area (Å²) in [6, 6.07) is 3.12. The van der Waals surface area contributed by atoms with E-state index in [4.69, 9.17) is 0 Å². The quantitative estimate of drug-likeness (QED) is 0.912. The normalized spacial score (nSPS) is 14.8. The van der Waals surface area contributed by atoms with Gasteiger partial charge in [-0.2, -0.15) is 18.3 Å². The zero-order chi connectivity index (χ0) is 17.3. The summed E-state index contributed by atoms with van der Waals surface area (Å²) in [5, 5.41) is 7.25. The fraction of sp³-hybridized carbons (Fsp3) is 0.389. The maximum atomic E-state index is 13.4. The summed E-state index contributed by atoms with van der Waals surface area (Å²) in [4.78, 5) is 0. The molecule has 1 aliphatic carbocycles. The minimum atomic E-state index is -4.33. The second kappa shape index (κ2) is 6.43. The lowest BCUT2D eigenvalue weighted by atomic mass is 9.84. The van der Waals surface area contributed by atoms with Crippen molar-refractivity contribution < 1.29 is 13.2 Å². The number of aryl methyl sites for hydroxylation is 1. The zero-order valence-electron chi connectivity index (χ0n) is 13.6. The van der Waals surface area contributed by atoms with Gasteiger partial charge in [-0.15, -0.1) is 0 Å². The lowest BCUT2D eigenvalue weighted by Crippen LogP contribution is -2.17. The molecule has 24 heavy (non-hydrogen) atoms. The van der Waals surface area contributed by atoms with E-state index in [1.165, 1.54) is 6.07 Å². The van der Waals surface area contributed by atoms with Gasteiger partial charge in [-0.25, -0.2) is 0 Å². The van der Waals surface area contributed by atoms with Crippen molar-refractivity contribution in [2.75, 3.05) is 0 Å². The van der Waals surface area contributed by atoms with Gasteiger partial charge in [-0.3, -0.25) is 4.68 Å². The largest absolute Gasteiger partial charge is 0.416 e. The van der Waals surface area contributed by atoms with Crippen LogP contribution in [0.5, 0.6) is 0 Å². The van der Waals surface area contributed by atoms with Gasteiger partial charge in [0.2, 0.25) is 0 Å². The molecule has 0 aliphatic heterocycles. The zero-order valence-corrected chi connectivity index (χ0v) is 13.6. The van der Waals surface area contributed by atoms with Crippen LogP contribution >= 0.6 is 0 Å². The molecule has 0 unspecified atom stereocenters. The summed E-state index contributed by atoms with van der Waals surface area (Å²) in [7, 11) is 1.83. The number of benzene rings is 1. The topological polar surface area (TPSA) is 29.9 Å². The molecule has 0 fully saturated rings. The molecule has 1 aromatic carbocycles. The van der Waals surface area contributed by atoms with Crippen LogP contribution in [-0.2, 0) is 32.7 Å². The Kier molecular flexibility index (Phi) is 4.49. The van der Waals surface area contributed by atoms with E-state index >= 15 is 0 Å². The minimum Gasteiger partial charge on any atom is -0.309 e. The molecule has 1 aromatic heterocycles. The average molecular weight is 335 g/mol. The molecule has 0 amide bonds. The first-order valence-electron chi connectivity index (χ1n) is 7.94. The Bertz CT molecular complexity index is 759. The molecule has 0 bridgehead atoms. The first-order valence-corrected chi connectivity index (χ1v) is 7.94. The third-order valence-electron chi connectivity index (χ3n) is 4.32. The Morgan fingerprint density at radius 3 is 2.62 bits per heavy atom. The maximum Gasteiger partial charge on any atom is 0.416 e. The van der Waals surface area contributed by atoms with Crippen LogP contribution < -0.4 is 5.32 Å². The van der Waals surface area contributed by atoms with Gasteiger partial charge < -0.3 is 5.32 Å². The third-order valence-corrected chi connectivity index (χ3v) is 4.32. The number of hydrogen-bond acceptors (Lipinski definition) is 2. The first-order chi connectivity index (χ1) is 11.3. The van der Waals surface area contributed by atoms with E-state index in [1.807, 2.05) is 19.3 Å². The number of alkyl halides is 3. The van der Waals surface area contributed by atoms with E-state index in [0.29, 0.717) is 36.2 Å². The predicted octanol–water partition coefficient (Wildman–Crippen LogP) is 4.08. The Hall–Kier alpha value is -2.08. The van der Waals surface area contributed by atoms with Crippen LogP contribution in [0.4, 0.5) is 13.2 Å². The number of halogens is 3. The van der Waals surface area contributed by atoms with Crippen molar-refractivity contribution in [2.24, 2.45) is 7.05 Å². The van der Waals surface area contributed by atoms with Gasteiger partial charge in [0.1, 0.15) is 0 Å². The first kappa shape index (κ1) is 16.8. The van der Waals surface area contributed by atoms with Crippen LogP contribution in [0.3, 0.4) is 0 Å². The lowest BCUT2D eigenvalue weighted by molar-refractivity contribution is -0.138. The van der Waals surface area contributed by atoms with Gasteiger partial charge in [0, 0.05) is 31.9 Å². The minimum absolute atomic E-state index is 0.374. The number of nitrogens with zero attached hydrogens (tertiary/aromatic N) is 2. The van der Waals surface area contributed by atoms with E-state index in [-0.39, 0.29) is 0 Å². The molecule has 1 aliphatic rings. The molecule has 1 N–H and O–H groups in total. The molecule has 0 spiro atoms. The monoisotopic (exact) mass is 335 g/mol. The molecule has 0 saturated heterocycles. The predicted molar refractivity (Wildman–Crippen MR) is 87.2 cm³/mol. The van der Waals surface area contributed by atoms with Gasteiger partial charge in [-0.1, -0.05) is 6.58 Å². The molecule has 1 heterocycles. The second-order valence-corrected chi connectivity index (χ2v) is 6.25. The van der Waals surface area contributed by atoms with E-state index in [2.05, 4.69) is 17.0 Å². The maximum absolute atomic E-state index is 13.4. The number of allylic oxidation sites excluding steroid dienone is 1. The summed E-state index contributed by atoms with van der Waals surface area (Å²) < 4.78 is 41.9. The standard InChI is InChI=1S/C18H20F3N3/c1-12-4-3-5-15-16(12)6-13(7-17(15)18(19,20)21)8-22-9-14-10-23-24(2)11-14/h6-7,10-11,22H,1,3-5,8-9H2,2H3. The average Bonchev–Trinajstić information content (AvgIpc) is 2.92. The number of hydrogen-bond donors (Lipinski definition) is 1. The number of nitrogens with one attached hydrogen (secondary N) is 1. The number of fused-ring (bicyclic) bond motifs is 1. The van der Waals surface area contributed by atoms with Gasteiger partial charge >= 0.3 is 6.18 Å². The van der Waals surface area contributed by atoms with E-state index in [0.717, 1.165) is 24.0 Å². The van der Waals surface area contributed by atoms with Crippen molar-refractivity contribution in [1.29, 1.82) is 0 Å². The molecule has 3 rings (SSSR count). The van der Waals surface area contributed by atoms with Crippen molar-refractivity contribution in [3.63, 3.8) is 0 Å². The van der Waals surface area contributed by atoms with E-state index < -0.39 is 11.7 Å². The van der Waals surface area contributed by atoms with Crippen LogP contribution in [0.2, 0.25) is 0 Å². The fourth-order valence-corrected chi connectivity index (χ4v) is 3.20. The molecular weight excluding hydrogens is 315 g/mol. The van der Waals surface area contributed by atoms with Crippen LogP contribution in [0.25, 0.3) is 5.57 Å². The third kappa shape index (κ3) is 3.53. The van der Waals surface area contributed by atoms with Gasteiger partial charge in [0.05, 0.1) is 11.8 Å². The summed E-state index contributed by atoms with van der Waals surface area (Å²) in [6.45, 7) is 4.89. The second-order valence-electron chi connectivity index (χ2n) is 6.25. The molecule has 2 aromatic rings. The van der Waals surface area contributed by atoms with E-state index in [9.17, 15) is 13.2 Å². The SMILES string of the molecule is C=C1CCCc2c1cc(CNCc1cnn(C)c1)cc2C(F)(F)F. The molecule has 0 radical (unpaired) electrons. The molecule has 3 nitrogen and oxygen atoms in total. The molecule has 0 atom stereocenters. The van der Waals surface area contributed by atoms with Crippen molar-refractivity contribution in [2.45, 2.75) is 38.5 Å². The Morgan fingerprint density at radius 2 is 1.96 bits per heavy atom. The van der Waals surface area contributed by atoms with Crippen LogP contribution in [-0.4, -0.2) is 9.78 Å². The van der Waals surface area contributed by atoms with Gasteiger partial charge in [0.25, 0.3) is 0 Å². The molecule has 0 saturated carbocycles. The number of rotatable bonds is 4. The van der Waals surface area contributed by atoms with Crippen LogP contribution in [0, 0.1) is 0 Å². The highest BCUT2D eigenvalue weighted by molar-refractivity contribution is 5.70. The summed E-state index contributed by atoms with van der Waals surface area (Å²) >= 11 is 0. The van der Waals surface area contributed by atoms with Crippen molar-refractivity contribution in [3.8, 4) is 0 Å². The fourth-order valence-electron chi connectivity index (χ4n) is 3.20. The molecule has 128 valence electrons. The van der Waals surface area contributed by atoms with Crippen LogP contribution in [0.1, 0.15) is 40.7 Å². The molecular formula is C18H20F3N3. The highest BCUT2D eigenvalue weighted by atomic mass is 19.4. The van der Waals surface area contributed by atoms with Gasteiger partial charge in [-0.05, 0) is 53.7 Å². The Balaban J connectivity index is 1.82. The smallest absolute Gasteiger partial charge is 0.309 e. The van der Waals surface area contributed by atoms with Gasteiger partial charge in [0.15, 0.2) is 0 Å².